The van der Waals surface area contributed by atoms with E-state index in [-0.39, 0.29) is 0 Å². The van der Waals surface area contributed by atoms with Crippen LogP contribution in [0.1, 0.15) is 16.8 Å². The van der Waals surface area contributed by atoms with Crippen LogP contribution in [-0.4, -0.2) is 20.2 Å². The summed E-state index contributed by atoms with van der Waals surface area (Å²) >= 11 is 0. The Morgan fingerprint density at radius 2 is 1.86 bits per heavy atom. The third kappa shape index (κ3) is 1.76. The second-order valence-corrected chi connectivity index (χ2v) is 5.62. The Hall–Kier alpha value is -2.62. The van der Waals surface area contributed by atoms with Gasteiger partial charge in [0.15, 0.2) is 0 Å². The molecule has 3 heterocycles. The predicted octanol–water partition coefficient (Wildman–Crippen LogP) is 4.03. The number of aromatic amines is 2. The van der Waals surface area contributed by atoms with E-state index >= 15 is 0 Å². The molecule has 0 aliphatic heterocycles. The van der Waals surface area contributed by atoms with Crippen molar-refractivity contribution in [3.05, 3.63) is 47.3 Å². The van der Waals surface area contributed by atoms with Crippen LogP contribution >= 0.6 is 0 Å². The Morgan fingerprint density at radius 1 is 1.00 bits per heavy atom. The number of aryl methyl sites for hydroxylation is 3. The Kier molecular flexibility index (Phi) is 2.42. The molecule has 3 aromatic heterocycles. The Bertz CT molecular complexity index is 975. The number of hydrogen-bond acceptors (Lipinski definition) is 2. The summed E-state index contributed by atoms with van der Waals surface area (Å²) in [6.45, 7) is 6.26. The third-order valence-corrected chi connectivity index (χ3v) is 4.05. The molecular weight excluding hydrogens is 260 g/mol. The van der Waals surface area contributed by atoms with Gasteiger partial charge in [0.2, 0.25) is 0 Å². The lowest BCUT2D eigenvalue weighted by atomic mass is 10.0. The van der Waals surface area contributed by atoms with Crippen molar-refractivity contribution in [1.29, 1.82) is 0 Å². The van der Waals surface area contributed by atoms with Gasteiger partial charge in [0.05, 0.1) is 17.4 Å². The molecule has 4 heteroatoms. The minimum Gasteiger partial charge on any atom is -0.339 e. The van der Waals surface area contributed by atoms with Crippen LogP contribution in [0, 0.1) is 20.8 Å². The topological polar surface area (TPSA) is 57.4 Å². The number of nitrogens with one attached hydrogen (secondary N) is 2. The van der Waals surface area contributed by atoms with Crippen LogP contribution in [0.5, 0.6) is 0 Å². The van der Waals surface area contributed by atoms with E-state index in [1.165, 1.54) is 16.7 Å². The quantitative estimate of drug-likeness (QED) is 0.551. The minimum absolute atomic E-state index is 0.902. The summed E-state index contributed by atoms with van der Waals surface area (Å²) in [6, 6.07) is 8.65. The van der Waals surface area contributed by atoms with E-state index in [1.54, 1.807) is 0 Å². The average molecular weight is 276 g/mol. The molecule has 1 aromatic carbocycles. The van der Waals surface area contributed by atoms with E-state index < -0.39 is 0 Å². The fourth-order valence-electron chi connectivity index (χ4n) is 2.98. The molecule has 4 rings (SSSR count). The highest BCUT2D eigenvalue weighted by molar-refractivity contribution is 6.04. The number of fused-ring (bicyclic) bond motifs is 3. The minimum atomic E-state index is 0.902. The van der Waals surface area contributed by atoms with Gasteiger partial charge in [-0.1, -0.05) is 23.8 Å². The zero-order valence-corrected chi connectivity index (χ0v) is 12.3. The van der Waals surface area contributed by atoms with Crippen LogP contribution in [0.4, 0.5) is 0 Å². The van der Waals surface area contributed by atoms with E-state index in [1.807, 2.05) is 13.1 Å². The lowest BCUT2D eigenvalue weighted by Gasteiger charge is -2.04. The maximum Gasteiger partial charge on any atom is 0.140 e. The summed E-state index contributed by atoms with van der Waals surface area (Å²) < 4.78 is 0. The SMILES string of the molecule is Cc1ccc(-c2cc3c(nc(C)c4cn[nH]c43)[nH]2)c(C)c1. The second-order valence-electron chi connectivity index (χ2n) is 5.62. The first-order chi connectivity index (χ1) is 10.1. The fraction of sp³-hybridized carbons (Fsp3) is 0.176. The molecule has 0 unspecified atom stereocenters. The smallest absolute Gasteiger partial charge is 0.140 e. The molecule has 104 valence electrons. The molecule has 0 atom stereocenters. The van der Waals surface area contributed by atoms with Gasteiger partial charge in [-0.3, -0.25) is 5.10 Å². The molecule has 0 fully saturated rings. The highest BCUT2D eigenvalue weighted by Gasteiger charge is 2.12. The van der Waals surface area contributed by atoms with Gasteiger partial charge in [0.25, 0.3) is 0 Å². The van der Waals surface area contributed by atoms with Gasteiger partial charge < -0.3 is 4.98 Å². The Labute approximate surface area is 122 Å². The molecule has 0 spiro atoms. The Balaban J connectivity index is 2.02. The maximum atomic E-state index is 4.65. The number of benzene rings is 1. The van der Waals surface area contributed by atoms with Crippen molar-refractivity contribution < 1.29 is 0 Å². The van der Waals surface area contributed by atoms with Crippen molar-refractivity contribution in [1.82, 2.24) is 20.2 Å². The normalized spacial score (nSPS) is 11.6. The zero-order valence-electron chi connectivity index (χ0n) is 12.3. The number of nitrogens with zero attached hydrogens (tertiary/aromatic N) is 2. The van der Waals surface area contributed by atoms with E-state index in [0.29, 0.717) is 0 Å². The summed E-state index contributed by atoms with van der Waals surface area (Å²) in [5, 5.41) is 9.39. The van der Waals surface area contributed by atoms with E-state index in [9.17, 15) is 0 Å². The van der Waals surface area contributed by atoms with Crippen molar-refractivity contribution in [3.63, 3.8) is 0 Å². The van der Waals surface area contributed by atoms with E-state index in [0.717, 1.165) is 33.3 Å². The molecule has 0 aliphatic carbocycles. The lowest BCUT2D eigenvalue weighted by molar-refractivity contribution is 1.12. The number of H-pyrrole nitrogens is 2. The number of pyridine rings is 1. The second kappa shape index (κ2) is 4.19. The van der Waals surface area contributed by atoms with Crippen LogP contribution in [0.15, 0.2) is 30.5 Å². The van der Waals surface area contributed by atoms with Gasteiger partial charge in [-0.15, -0.1) is 0 Å². The van der Waals surface area contributed by atoms with Crippen LogP contribution in [-0.2, 0) is 0 Å². The molecule has 0 aliphatic rings. The third-order valence-electron chi connectivity index (χ3n) is 4.05. The van der Waals surface area contributed by atoms with Crippen LogP contribution < -0.4 is 0 Å². The molecular formula is C17H16N4. The molecule has 0 saturated heterocycles. The van der Waals surface area contributed by atoms with E-state index in [2.05, 4.69) is 58.3 Å². The van der Waals surface area contributed by atoms with Gasteiger partial charge in [-0.05, 0) is 32.4 Å². The molecule has 4 aromatic rings. The first-order valence-corrected chi connectivity index (χ1v) is 7.03. The van der Waals surface area contributed by atoms with Gasteiger partial charge >= 0.3 is 0 Å². The monoisotopic (exact) mass is 276 g/mol. The van der Waals surface area contributed by atoms with Crippen LogP contribution in [0.25, 0.3) is 33.2 Å². The molecule has 0 saturated carbocycles. The van der Waals surface area contributed by atoms with Crippen molar-refractivity contribution in [2.75, 3.05) is 0 Å². The summed E-state index contributed by atoms with van der Waals surface area (Å²) in [7, 11) is 0. The number of hydrogen-bond donors (Lipinski definition) is 2. The predicted molar refractivity (Wildman–Crippen MR) is 85.4 cm³/mol. The van der Waals surface area contributed by atoms with Gasteiger partial charge in [-0.25, -0.2) is 4.98 Å². The summed E-state index contributed by atoms with van der Waals surface area (Å²) in [6.07, 6.45) is 1.83. The van der Waals surface area contributed by atoms with Crippen molar-refractivity contribution in [3.8, 4) is 11.3 Å². The first kappa shape index (κ1) is 12.1. The zero-order chi connectivity index (χ0) is 14.6. The van der Waals surface area contributed by atoms with E-state index in [4.69, 9.17) is 0 Å². The van der Waals surface area contributed by atoms with Crippen molar-refractivity contribution >= 4 is 21.9 Å². The van der Waals surface area contributed by atoms with Gasteiger partial charge in [-0.2, -0.15) is 5.10 Å². The summed E-state index contributed by atoms with van der Waals surface area (Å²) in [4.78, 5) is 8.09. The highest BCUT2D eigenvalue weighted by Crippen LogP contribution is 2.30. The highest BCUT2D eigenvalue weighted by atomic mass is 15.1. The van der Waals surface area contributed by atoms with Crippen LogP contribution in [0.2, 0.25) is 0 Å². The lowest BCUT2D eigenvalue weighted by Crippen LogP contribution is -1.85. The average Bonchev–Trinajstić information content (AvgIpc) is 3.04. The first-order valence-electron chi connectivity index (χ1n) is 7.03. The van der Waals surface area contributed by atoms with Crippen molar-refractivity contribution in [2.24, 2.45) is 0 Å². The molecule has 0 amide bonds. The fourth-order valence-corrected chi connectivity index (χ4v) is 2.98. The number of aromatic nitrogens is 4. The Morgan fingerprint density at radius 3 is 2.67 bits per heavy atom. The maximum absolute atomic E-state index is 4.65. The van der Waals surface area contributed by atoms with Crippen LogP contribution in [0.3, 0.4) is 0 Å². The summed E-state index contributed by atoms with van der Waals surface area (Å²) in [5.41, 5.74) is 7.78. The molecule has 4 nitrogen and oxygen atoms in total. The molecule has 21 heavy (non-hydrogen) atoms. The largest absolute Gasteiger partial charge is 0.339 e. The molecule has 0 bridgehead atoms. The van der Waals surface area contributed by atoms with Gasteiger partial charge in [0.1, 0.15) is 5.65 Å². The van der Waals surface area contributed by atoms with Crippen molar-refractivity contribution in [2.45, 2.75) is 20.8 Å². The standard InChI is InChI=1S/C17H16N4/c1-9-4-5-12(10(2)6-9)15-7-13-16-14(8-18-21-16)11(3)19-17(13)20-15/h4-8H,1-3H3,(H,18,21)(H,19,20). The molecule has 2 N–H and O–H groups in total. The summed E-state index contributed by atoms with van der Waals surface area (Å²) in [5.74, 6) is 0. The number of rotatable bonds is 1. The molecule has 0 radical (unpaired) electrons. The van der Waals surface area contributed by atoms with Gasteiger partial charge in [0, 0.05) is 22.0 Å².